The molecule has 0 bridgehead atoms. The number of aromatic nitrogens is 2. The Bertz CT molecular complexity index is 646. The van der Waals surface area contributed by atoms with Crippen LogP contribution in [-0.4, -0.2) is 34.0 Å². The Balaban J connectivity index is 2.05. The number of fused-ring (bicyclic) bond motifs is 1. The normalized spacial score (nSPS) is 20.2. The average molecular weight is 258 g/mol. The molecule has 1 aromatic carbocycles. The summed E-state index contributed by atoms with van der Waals surface area (Å²) in [5.74, 6) is 1.20. The number of benzene rings is 1. The molecule has 1 atom stereocenters. The van der Waals surface area contributed by atoms with Crippen LogP contribution < -0.4 is 5.73 Å². The fourth-order valence-corrected chi connectivity index (χ4v) is 2.90. The Hall–Kier alpha value is -2.04. The number of carbonyl (C=O) groups excluding carboxylic acids is 1. The summed E-state index contributed by atoms with van der Waals surface area (Å²) in [4.78, 5) is 18.0. The number of rotatable bonds is 1. The summed E-state index contributed by atoms with van der Waals surface area (Å²) in [6, 6.07) is 6.12. The molecule has 3 rings (SSSR count). The molecule has 0 saturated carbocycles. The maximum absolute atomic E-state index is 11.6. The number of aryl methyl sites for hydroxylation is 1. The summed E-state index contributed by atoms with van der Waals surface area (Å²) in [5, 5.41) is 0. The number of amides is 1. The van der Waals surface area contributed by atoms with Crippen LogP contribution in [0.2, 0.25) is 0 Å². The standard InChI is InChI=1S/C14H18N4O/c1-9-16-12-7-10(15)3-5-13(12)18(9)11-4-6-14(19)17(2)8-11/h3,5,7,11H,4,6,8,15H2,1-2H3. The zero-order valence-electron chi connectivity index (χ0n) is 11.3. The van der Waals surface area contributed by atoms with Crippen LogP contribution in [0.15, 0.2) is 18.2 Å². The highest BCUT2D eigenvalue weighted by molar-refractivity contribution is 5.80. The number of anilines is 1. The molecule has 100 valence electrons. The number of likely N-dealkylation sites (tertiary alicyclic amines) is 1. The van der Waals surface area contributed by atoms with Gasteiger partial charge in [0.2, 0.25) is 5.91 Å². The van der Waals surface area contributed by atoms with E-state index < -0.39 is 0 Å². The first-order valence-electron chi connectivity index (χ1n) is 6.54. The van der Waals surface area contributed by atoms with E-state index in [1.165, 1.54) is 0 Å². The first-order chi connectivity index (χ1) is 9.06. The first-order valence-corrected chi connectivity index (χ1v) is 6.54. The van der Waals surface area contributed by atoms with Gasteiger partial charge in [-0.2, -0.15) is 0 Å². The van der Waals surface area contributed by atoms with Crippen LogP contribution in [0.5, 0.6) is 0 Å². The maximum Gasteiger partial charge on any atom is 0.222 e. The van der Waals surface area contributed by atoms with Crippen molar-refractivity contribution in [2.24, 2.45) is 0 Å². The Morgan fingerprint density at radius 3 is 2.95 bits per heavy atom. The van der Waals surface area contributed by atoms with Crippen molar-refractivity contribution in [3.8, 4) is 0 Å². The molecule has 19 heavy (non-hydrogen) atoms. The number of likely N-dealkylation sites (N-methyl/N-ethyl adjacent to an activating group) is 1. The molecule has 0 spiro atoms. The molecule has 1 saturated heterocycles. The van der Waals surface area contributed by atoms with E-state index in [0.29, 0.717) is 12.5 Å². The molecule has 1 aromatic heterocycles. The van der Waals surface area contributed by atoms with Crippen molar-refractivity contribution in [1.29, 1.82) is 0 Å². The molecule has 1 aliphatic heterocycles. The predicted molar refractivity (Wildman–Crippen MR) is 74.8 cm³/mol. The number of nitrogens with zero attached hydrogens (tertiary/aromatic N) is 3. The molecule has 2 heterocycles. The van der Waals surface area contributed by atoms with Gasteiger partial charge in [-0.15, -0.1) is 0 Å². The van der Waals surface area contributed by atoms with Crippen LogP contribution in [-0.2, 0) is 4.79 Å². The van der Waals surface area contributed by atoms with E-state index in [2.05, 4.69) is 9.55 Å². The van der Waals surface area contributed by atoms with Crippen LogP contribution >= 0.6 is 0 Å². The van der Waals surface area contributed by atoms with Crippen LogP contribution in [0.4, 0.5) is 5.69 Å². The lowest BCUT2D eigenvalue weighted by Gasteiger charge is -2.31. The maximum atomic E-state index is 11.6. The van der Waals surface area contributed by atoms with Crippen molar-refractivity contribution in [2.45, 2.75) is 25.8 Å². The van der Waals surface area contributed by atoms with E-state index >= 15 is 0 Å². The topological polar surface area (TPSA) is 64.1 Å². The SMILES string of the molecule is Cc1nc2cc(N)ccc2n1C1CCC(=O)N(C)C1. The number of imidazole rings is 1. The van der Waals surface area contributed by atoms with Crippen molar-refractivity contribution in [2.75, 3.05) is 19.3 Å². The van der Waals surface area contributed by atoms with E-state index in [1.807, 2.05) is 32.2 Å². The molecule has 5 nitrogen and oxygen atoms in total. The molecular weight excluding hydrogens is 240 g/mol. The van der Waals surface area contributed by atoms with Gasteiger partial charge < -0.3 is 15.2 Å². The van der Waals surface area contributed by atoms with Gasteiger partial charge in [-0.1, -0.05) is 0 Å². The van der Waals surface area contributed by atoms with Gasteiger partial charge in [0.05, 0.1) is 17.1 Å². The van der Waals surface area contributed by atoms with Gasteiger partial charge >= 0.3 is 0 Å². The van der Waals surface area contributed by atoms with Gasteiger partial charge in [0.25, 0.3) is 0 Å². The molecule has 1 aliphatic rings. The largest absolute Gasteiger partial charge is 0.399 e. The Labute approximate surface area is 112 Å². The fourth-order valence-electron chi connectivity index (χ4n) is 2.90. The molecule has 0 radical (unpaired) electrons. The second kappa shape index (κ2) is 4.26. The highest BCUT2D eigenvalue weighted by atomic mass is 16.2. The molecule has 0 aliphatic carbocycles. The Morgan fingerprint density at radius 2 is 2.21 bits per heavy atom. The van der Waals surface area contributed by atoms with Gasteiger partial charge in [-0.25, -0.2) is 4.98 Å². The number of nitrogen functional groups attached to an aromatic ring is 1. The Morgan fingerprint density at radius 1 is 1.42 bits per heavy atom. The lowest BCUT2D eigenvalue weighted by molar-refractivity contribution is -0.132. The monoisotopic (exact) mass is 258 g/mol. The third-order valence-electron chi connectivity index (χ3n) is 3.86. The highest BCUT2D eigenvalue weighted by Crippen LogP contribution is 2.28. The summed E-state index contributed by atoms with van der Waals surface area (Å²) in [6.07, 6.45) is 1.48. The molecule has 2 N–H and O–H groups in total. The summed E-state index contributed by atoms with van der Waals surface area (Å²) < 4.78 is 2.23. The molecule has 1 fully saturated rings. The lowest BCUT2D eigenvalue weighted by atomic mass is 10.0. The first kappa shape index (κ1) is 12.0. The summed E-state index contributed by atoms with van der Waals surface area (Å²) in [6.45, 7) is 2.75. The number of hydrogen-bond acceptors (Lipinski definition) is 3. The average Bonchev–Trinajstić information content (AvgIpc) is 2.68. The van der Waals surface area contributed by atoms with Gasteiger partial charge in [0.15, 0.2) is 0 Å². The second-order valence-corrected chi connectivity index (χ2v) is 5.24. The minimum absolute atomic E-state index is 0.225. The smallest absolute Gasteiger partial charge is 0.222 e. The van der Waals surface area contributed by atoms with Crippen molar-refractivity contribution >= 4 is 22.6 Å². The van der Waals surface area contributed by atoms with Crippen LogP contribution in [0.25, 0.3) is 11.0 Å². The Kier molecular flexibility index (Phi) is 2.69. The van der Waals surface area contributed by atoms with E-state index in [1.54, 1.807) is 4.90 Å². The quantitative estimate of drug-likeness (QED) is 0.792. The molecule has 1 amide bonds. The van der Waals surface area contributed by atoms with Gasteiger partial charge in [0.1, 0.15) is 5.82 Å². The number of hydrogen-bond donors (Lipinski definition) is 1. The predicted octanol–water partition coefficient (Wildman–Crippen LogP) is 1.72. The third kappa shape index (κ3) is 1.95. The van der Waals surface area contributed by atoms with Crippen molar-refractivity contribution in [1.82, 2.24) is 14.5 Å². The van der Waals surface area contributed by atoms with Crippen molar-refractivity contribution in [3.63, 3.8) is 0 Å². The third-order valence-corrected chi connectivity index (χ3v) is 3.86. The zero-order chi connectivity index (χ0) is 13.6. The van der Waals surface area contributed by atoms with Gasteiger partial charge in [-0.05, 0) is 31.5 Å². The highest BCUT2D eigenvalue weighted by Gasteiger charge is 2.26. The minimum Gasteiger partial charge on any atom is -0.399 e. The summed E-state index contributed by atoms with van der Waals surface area (Å²) in [5.41, 5.74) is 8.55. The fraction of sp³-hybridized carbons (Fsp3) is 0.429. The molecule has 2 aromatic rings. The van der Waals surface area contributed by atoms with Gasteiger partial charge in [0, 0.05) is 25.7 Å². The van der Waals surface area contributed by atoms with E-state index in [-0.39, 0.29) is 5.91 Å². The van der Waals surface area contributed by atoms with Crippen LogP contribution in [0, 0.1) is 6.92 Å². The van der Waals surface area contributed by atoms with Crippen molar-refractivity contribution < 1.29 is 4.79 Å². The van der Waals surface area contributed by atoms with Crippen LogP contribution in [0.3, 0.4) is 0 Å². The molecule has 1 unspecified atom stereocenters. The van der Waals surface area contributed by atoms with Crippen LogP contribution in [0.1, 0.15) is 24.7 Å². The van der Waals surface area contributed by atoms with E-state index in [9.17, 15) is 4.79 Å². The number of piperidine rings is 1. The molecular formula is C14H18N4O. The van der Waals surface area contributed by atoms with Crippen molar-refractivity contribution in [3.05, 3.63) is 24.0 Å². The summed E-state index contributed by atoms with van der Waals surface area (Å²) in [7, 11) is 1.86. The lowest BCUT2D eigenvalue weighted by Crippen LogP contribution is -2.38. The number of carbonyl (C=O) groups is 1. The minimum atomic E-state index is 0.225. The van der Waals surface area contributed by atoms with E-state index in [4.69, 9.17) is 5.73 Å². The van der Waals surface area contributed by atoms with E-state index in [0.717, 1.165) is 35.5 Å². The second-order valence-electron chi connectivity index (χ2n) is 5.24. The van der Waals surface area contributed by atoms with Gasteiger partial charge in [-0.3, -0.25) is 4.79 Å². The number of nitrogens with two attached hydrogens (primary N) is 1. The molecule has 5 heteroatoms. The zero-order valence-corrected chi connectivity index (χ0v) is 11.3. The summed E-state index contributed by atoms with van der Waals surface area (Å²) >= 11 is 0.